The van der Waals surface area contributed by atoms with Crippen LogP contribution in [0.15, 0.2) is 24.3 Å². The predicted octanol–water partition coefficient (Wildman–Crippen LogP) is 1.05. The van der Waals surface area contributed by atoms with Crippen LogP contribution < -0.4 is 16.0 Å². The molecule has 8 heteroatoms. The second-order valence-electron chi connectivity index (χ2n) is 4.69. The van der Waals surface area contributed by atoms with Crippen molar-refractivity contribution < 1.29 is 14.4 Å². The fraction of sp³-hybridized carbons (Fsp3) is 0.357. The van der Waals surface area contributed by atoms with Crippen LogP contribution in [0.1, 0.15) is 6.92 Å². The largest absolute Gasteiger partial charge is 0.341 e. The number of imide groups is 1. The number of rotatable bonds is 5. The summed E-state index contributed by atoms with van der Waals surface area (Å²) in [6.07, 6.45) is 0. The average Bonchev–Trinajstić information content (AvgIpc) is 2.48. The Kier molecular flexibility index (Phi) is 6.81. The van der Waals surface area contributed by atoms with Crippen molar-refractivity contribution in [2.24, 2.45) is 0 Å². The molecule has 0 heterocycles. The van der Waals surface area contributed by atoms with Gasteiger partial charge in [0.1, 0.15) is 0 Å². The van der Waals surface area contributed by atoms with E-state index in [9.17, 15) is 14.4 Å². The number of nitrogens with zero attached hydrogens (tertiary/aromatic N) is 1. The number of likely N-dealkylation sites (N-methyl/N-ethyl adjacent to an activating group) is 1. The third-order valence-corrected chi connectivity index (χ3v) is 3.37. The van der Waals surface area contributed by atoms with E-state index < -0.39 is 18.0 Å². The molecule has 1 aromatic rings. The standard InChI is InChI=1S/C14H19ClN4O3/c1-9(13(21)18-14(22)16-2)19(3)8-12(20)17-11-7-5-4-6-10(11)15/h4-7,9H,8H2,1-3H3,(H,17,20)(H2,16,18,21,22)/t9-/m0/s1. The second-order valence-corrected chi connectivity index (χ2v) is 5.09. The zero-order valence-corrected chi connectivity index (χ0v) is 13.4. The number of carbonyl (C=O) groups is 3. The molecule has 0 aromatic heterocycles. The number of halogens is 1. The summed E-state index contributed by atoms with van der Waals surface area (Å²) >= 11 is 5.95. The summed E-state index contributed by atoms with van der Waals surface area (Å²) in [5, 5.41) is 7.54. The van der Waals surface area contributed by atoms with Crippen LogP contribution in [-0.2, 0) is 9.59 Å². The number of hydrogen-bond acceptors (Lipinski definition) is 4. The number of carbonyl (C=O) groups excluding carboxylic acids is 3. The minimum absolute atomic E-state index is 0.0203. The first-order valence-electron chi connectivity index (χ1n) is 6.62. The molecule has 120 valence electrons. The molecule has 0 unspecified atom stereocenters. The Morgan fingerprint density at radius 1 is 1.27 bits per heavy atom. The van der Waals surface area contributed by atoms with Gasteiger partial charge in [-0.1, -0.05) is 23.7 Å². The predicted molar refractivity (Wildman–Crippen MR) is 84.8 cm³/mol. The summed E-state index contributed by atoms with van der Waals surface area (Å²) in [7, 11) is 3.02. The number of benzene rings is 1. The number of para-hydroxylation sites is 1. The molecule has 3 N–H and O–H groups in total. The van der Waals surface area contributed by atoms with Crippen LogP contribution in [0.2, 0.25) is 5.02 Å². The Hall–Kier alpha value is -2.12. The lowest BCUT2D eigenvalue weighted by molar-refractivity contribution is -0.125. The van der Waals surface area contributed by atoms with E-state index in [2.05, 4.69) is 16.0 Å². The normalized spacial score (nSPS) is 11.7. The minimum Gasteiger partial charge on any atom is -0.341 e. The highest BCUT2D eigenvalue weighted by Crippen LogP contribution is 2.20. The van der Waals surface area contributed by atoms with Crippen molar-refractivity contribution in [2.75, 3.05) is 26.0 Å². The molecule has 0 bridgehead atoms. The van der Waals surface area contributed by atoms with Crippen LogP contribution in [0.25, 0.3) is 0 Å². The third kappa shape index (κ3) is 5.34. The van der Waals surface area contributed by atoms with E-state index in [1.165, 1.54) is 11.9 Å². The maximum absolute atomic E-state index is 12.0. The second kappa shape index (κ2) is 8.35. The minimum atomic E-state index is -0.644. The van der Waals surface area contributed by atoms with E-state index in [0.717, 1.165) is 0 Å². The van der Waals surface area contributed by atoms with Gasteiger partial charge >= 0.3 is 6.03 Å². The van der Waals surface area contributed by atoms with E-state index in [1.54, 1.807) is 38.2 Å². The van der Waals surface area contributed by atoms with Gasteiger partial charge in [-0.2, -0.15) is 0 Å². The molecule has 1 aromatic carbocycles. The van der Waals surface area contributed by atoms with Crippen LogP contribution in [-0.4, -0.2) is 49.4 Å². The zero-order valence-electron chi connectivity index (χ0n) is 12.6. The van der Waals surface area contributed by atoms with Gasteiger partial charge in [-0.25, -0.2) is 4.79 Å². The molecule has 22 heavy (non-hydrogen) atoms. The number of urea groups is 1. The van der Waals surface area contributed by atoms with Gasteiger partial charge in [-0.15, -0.1) is 0 Å². The van der Waals surface area contributed by atoms with Crippen molar-refractivity contribution in [2.45, 2.75) is 13.0 Å². The van der Waals surface area contributed by atoms with Crippen molar-refractivity contribution in [1.82, 2.24) is 15.5 Å². The van der Waals surface area contributed by atoms with E-state index >= 15 is 0 Å². The van der Waals surface area contributed by atoms with Crippen LogP contribution in [0.4, 0.5) is 10.5 Å². The van der Waals surface area contributed by atoms with Gasteiger partial charge in [-0.3, -0.25) is 19.8 Å². The number of anilines is 1. The third-order valence-electron chi connectivity index (χ3n) is 3.05. The molecule has 0 spiro atoms. The maximum atomic E-state index is 12.0. The van der Waals surface area contributed by atoms with Crippen LogP contribution in [0, 0.1) is 0 Å². The Balaban J connectivity index is 2.55. The zero-order chi connectivity index (χ0) is 16.7. The van der Waals surface area contributed by atoms with Gasteiger partial charge in [0.05, 0.1) is 23.3 Å². The first-order chi connectivity index (χ1) is 10.3. The van der Waals surface area contributed by atoms with Gasteiger partial charge in [0.15, 0.2) is 0 Å². The van der Waals surface area contributed by atoms with E-state index in [4.69, 9.17) is 11.6 Å². The molecular formula is C14H19ClN4O3. The quantitative estimate of drug-likeness (QED) is 0.754. The van der Waals surface area contributed by atoms with Crippen molar-refractivity contribution in [3.63, 3.8) is 0 Å². The summed E-state index contributed by atoms with van der Waals surface area (Å²) in [6.45, 7) is 1.58. The lowest BCUT2D eigenvalue weighted by Crippen LogP contribution is -2.49. The van der Waals surface area contributed by atoms with Crippen LogP contribution >= 0.6 is 11.6 Å². The SMILES string of the molecule is CNC(=O)NC(=O)[C@H](C)N(C)CC(=O)Nc1ccccc1Cl. The van der Waals surface area contributed by atoms with E-state index in [1.807, 2.05) is 0 Å². The topological polar surface area (TPSA) is 90.5 Å². The molecule has 1 atom stereocenters. The average molecular weight is 327 g/mol. The van der Waals surface area contributed by atoms with Crippen molar-refractivity contribution in [1.29, 1.82) is 0 Å². The molecule has 0 saturated heterocycles. The molecule has 4 amide bonds. The molecule has 0 fully saturated rings. The van der Waals surface area contributed by atoms with Gasteiger partial charge in [-0.05, 0) is 26.1 Å². The Labute approximate surface area is 134 Å². The van der Waals surface area contributed by atoms with Crippen molar-refractivity contribution >= 4 is 35.1 Å². The van der Waals surface area contributed by atoms with Crippen LogP contribution in [0.3, 0.4) is 0 Å². The summed E-state index contributed by atoms with van der Waals surface area (Å²) in [5.74, 6) is -0.803. The monoisotopic (exact) mass is 326 g/mol. The molecule has 7 nitrogen and oxygen atoms in total. The molecule has 1 rings (SSSR count). The molecule has 0 aliphatic heterocycles. The fourth-order valence-electron chi connectivity index (χ4n) is 1.59. The van der Waals surface area contributed by atoms with Gasteiger partial charge in [0.25, 0.3) is 0 Å². The number of hydrogen-bond donors (Lipinski definition) is 3. The Morgan fingerprint density at radius 3 is 2.50 bits per heavy atom. The smallest absolute Gasteiger partial charge is 0.321 e. The first kappa shape index (κ1) is 17.9. The van der Waals surface area contributed by atoms with Crippen LogP contribution in [0.5, 0.6) is 0 Å². The maximum Gasteiger partial charge on any atom is 0.321 e. The number of nitrogens with one attached hydrogen (secondary N) is 3. The van der Waals surface area contributed by atoms with E-state index in [-0.39, 0.29) is 12.5 Å². The van der Waals surface area contributed by atoms with Gasteiger partial charge in [0.2, 0.25) is 11.8 Å². The lowest BCUT2D eigenvalue weighted by Gasteiger charge is -2.22. The van der Waals surface area contributed by atoms with Crippen molar-refractivity contribution in [3.8, 4) is 0 Å². The van der Waals surface area contributed by atoms with Crippen molar-refractivity contribution in [3.05, 3.63) is 29.3 Å². The highest BCUT2D eigenvalue weighted by molar-refractivity contribution is 6.33. The Morgan fingerprint density at radius 2 is 1.91 bits per heavy atom. The van der Waals surface area contributed by atoms with E-state index in [0.29, 0.717) is 10.7 Å². The summed E-state index contributed by atoms with van der Waals surface area (Å²) < 4.78 is 0. The molecule has 0 aliphatic rings. The summed E-state index contributed by atoms with van der Waals surface area (Å²) in [6, 6.07) is 5.63. The Bertz CT molecular complexity index is 565. The molecular weight excluding hydrogens is 308 g/mol. The summed E-state index contributed by atoms with van der Waals surface area (Å²) in [4.78, 5) is 36.4. The van der Waals surface area contributed by atoms with Gasteiger partial charge < -0.3 is 10.6 Å². The fourth-order valence-corrected chi connectivity index (χ4v) is 1.78. The first-order valence-corrected chi connectivity index (χ1v) is 7.00. The summed E-state index contributed by atoms with van der Waals surface area (Å²) in [5.41, 5.74) is 0.505. The lowest BCUT2D eigenvalue weighted by atomic mass is 10.2. The number of amides is 4. The molecule has 0 aliphatic carbocycles. The molecule has 0 radical (unpaired) electrons. The highest BCUT2D eigenvalue weighted by atomic mass is 35.5. The molecule has 0 saturated carbocycles. The van der Waals surface area contributed by atoms with Gasteiger partial charge in [0, 0.05) is 7.05 Å². The highest BCUT2D eigenvalue weighted by Gasteiger charge is 2.21.